The fraction of sp³-hybridized carbons (Fsp3) is 0.261. The Bertz CT molecular complexity index is 1200. The minimum Gasteiger partial charge on any atom is -0.334 e. The largest absolute Gasteiger partial charge is 0.334 e. The van der Waals surface area contributed by atoms with Gasteiger partial charge in [0.25, 0.3) is 0 Å². The zero-order valence-electron chi connectivity index (χ0n) is 16.2. The van der Waals surface area contributed by atoms with E-state index in [1.807, 2.05) is 36.4 Å². The predicted octanol–water partition coefficient (Wildman–Crippen LogP) is 3.51. The third-order valence-corrected chi connectivity index (χ3v) is 6.17. The van der Waals surface area contributed by atoms with Crippen molar-refractivity contribution in [2.24, 2.45) is 5.92 Å². The highest BCUT2D eigenvalue weighted by Gasteiger charge is 2.45. The predicted molar refractivity (Wildman–Crippen MR) is 111 cm³/mol. The summed E-state index contributed by atoms with van der Waals surface area (Å²) < 4.78 is 0. The molecule has 3 unspecified atom stereocenters. The van der Waals surface area contributed by atoms with Gasteiger partial charge in [-0.3, -0.25) is 9.78 Å². The van der Waals surface area contributed by atoms with Crippen LogP contribution in [0.4, 0.5) is 10.5 Å². The van der Waals surface area contributed by atoms with Crippen molar-refractivity contribution < 1.29 is 9.59 Å². The van der Waals surface area contributed by atoms with Crippen LogP contribution in [0.1, 0.15) is 36.4 Å². The lowest BCUT2D eigenvalue weighted by molar-refractivity contribution is -0.124. The number of hydrogen-bond donors (Lipinski definition) is 1. The highest BCUT2D eigenvalue weighted by molar-refractivity contribution is 6.20. The van der Waals surface area contributed by atoms with E-state index in [0.717, 1.165) is 22.8 Å². The standard InChI is InChI=1S/C23H19N5O2/c24-11-20-16(6-3-9-26-20)14-7-8-18-19(10-14)27-23(30)28(22(18)29)21-13-25-12-15-4-1-2-5-17(15)21/h1-6,9,12-14,18-19H,7-8,10H2,(H,27,30). The van der Waals surface area contributed by atoms with Crippen LogP contribution in [0, 0.1) is 17.2 Å². The first kappa shape index (κ1) is 18.3. The molecule has 2 aliphatic rings. The molecule has 1 saturated heterocycles. The molecule has 1 saturated carbocycles. The first-order chi connectivity index (χ1) is 14.7. The van der Waals surface area contributed by atoms with Crippen molar-refractivity contribution in [3.63, 3.8) is 0 Å². The second-order valence-corrected chi connectivity index (χ2v) is 7.78. The summed E-state index contributed by atoms with van der Waals surface area (Å²) >= 11 is 0. The van der Waals surface area contributed by atoms with Crippen LogP contribution in [0.5, 0.6) is 0 Å². The number of pyridine rings is 2. The van der Waals surface area contributed by atoms with Crippen LogP contribution < -0.4 is 10.2 Å². The zero-order valence-corrected chi connectivity index (χ0v) is 16.2. The molecule has 148 valence electrons. The summed E-state index contributed by atoms with van der Waals surface area (Å²) in [6, 6.07) is 12.8. The molecule has 2 aromatic heterocycles. The smallest absolute Gasteiger partial charge is 0.329 e. The van der Waals surface area contributed by atoms with Crippen LogP contribution in [0.3, 0.4) is 0 Å². The van der Waals surface area contributed by atoms with Gasteiger partial charge in [-0.05, 0) is 36.8 Å². The molecule has 1 aliphatic carbocycles. The number of aromatic nitrogens is 2. The number of urea groups is 1. The first-order valence-electron chi connectivity index (χ1n) is 9.99. The highest BCUT2D eigenvalue weighted by Crippen LogP contribution is 2.40. The molecule has 3 amide bonds. The molecule has 0 bridgehead atoms. The first-order valence-corrected chi connectivity index (χ1v) is 9.99. The van der Waals surface area contributed by atoms with E-state index in [-0.39, 0.29) is 23.8 Å². The molecule has 0 radical (unpaired) electrons. The number of hydrogen-bond acceptors (Lipinski definition) is 5. The van der Waals surface area contributed by atoms with Crippen LogP contribution in [-0.4, -0.2) is 27.9 Å². The number of nitriles is 1. The molecule has 7 nitrogen and oxygen atoms in total. The number of anilines is 1. The molecule has 1 aromatic carbocycles. The number of nitrogens with one attached hydrogen (secondary N) is 1. The van der Waals surface area contributed by atoms with Crippen LogP contribution in [0.15, 0.2) is 55.0 Å². The number of benzene rings is 1. The summed E-state index contributed by atoms with van der Waals surface area (Å²) in [5.74, 6) is -0.388. The number of rotatable bonds is 2. The third-order valence-electron chi connectivity index (χ3n) is 6.17. The van der Waals surface area contributed by atoms with Gasteiger partial charge in [-0.25, -0.2) is 14.7 Å². The maximum absolute atomic E-state index is 13.4. The van der Waals surface area contributed by atoms with Gasteiger partial charge in [-0.15, -0.1) is 0 Å². The molecule has 3 atom stereocenters. The van der Waals surface area contributed by atoms with Crippen molar-refractivity contribution in [1.82, 2.24) is 15.3 Å². The van der Waals surface area contributed by atoms with E-state index in [9.17, 15) is 14.9 Å². The Hall–Kier alpha value is -3.79. The Balaban J connectivity index is 1.44. The van der Waals surface area contributed by atoms with E-state index in [1.54, 1.807) is 18.6 Å². The van der Waals surface area contributed by atoms with Crippen molar-refractivity contribution >= 4 is 28.4 Å². The number of nitrogens with zero attached hydrogens (tertiary/aromatic N) is 4. The Morgan fingerprint density at radius 1 is 1.10 bits per heavy atom. The lowest BCUT2D eigenvalue weighted by Crippen LogP contribution is -2.61. The van der Waals surface area contributed by atoms with Crippen LogP contribution in [0.2, 0.25) is 0 Å². The SMILES string of the molecule is N#Cc1ncccc1C1CCC2C(=O)N(c3cncc4ccccc34)C(=O)NC2C1. The second kappa shape index (κ2) is 7.23. The van der Waals surface area contributed by atoms with Gasteiger partial charge in [0.2, 0.25) is 5.91 Å². The van der Waals surface area contributed by atoms with Gasteiger partial charge in [-0.2, -0.15) is 5.26 Å². The van der Waals surface area contributed by atoms with Crippen LogP contribution in [0.25, 0.3) is 10.8 Å². The lowest BCUT2D eigenvalue weighted by atomic mass is 9.74. The Morgan fingerprint density at radius 3 is 2.83 bits per heavy atom. The van der Waals surface area contributed by atoms with Crippen molar-refractivity contribution in [1.29, 1.82) is 5.26 Å². The average molecular weight is 397 g/mol. The minimum absolute atomic E-state index is 0.0912. The van der Waals surface area contributed by atoms with E-state index in [1.165, 1.54) is 4.90 Å². The van der Waals surface area contributed by atoms with Gasteiger partial charge in [-0.1, -0.05) is 30.3 Å². The fourth-order valence-electron chi connectivity index (χ4n) is 4.74. The summed E-state index contributed by atoms with van der Waals surface area (Å²) in [7, 11) is 0. The summed E-state index contributed by atoms with van der Waals surface area (Å²) in [5, 5.41) is 14.1. The average Bonchev–Trinajstić information content (AvgIpc) is 2.79. The zero-order chi connectivity index (χ0) is 20.7. The van der Waals surface area contributed by atoms with E-state index < -0.39 is 6.03 Å². The molecule has 1 aliphatic heterocycles. The molecule has 3 aromatic rings. The molecular weight excluding hydrogens is 378 g/mol. The van der Waals surface area contributed by atoms with Gasteiger partial charge < -0.3 is 5.32 Å². The van der Waals surface area contributed by atoms with E-state index in [2.05, 4.69) is 21.4 Å². The van der Waals surface area contributed by atoms with E-state index >= 15 is 0 Å². The third kappa shape index (κ3) is 2.89. The maximum Gasteiger partial charge on any atom is 0.329 e. The molecule has 1 N–H and O–H groups in total. The maximum atomic E-state index is 13.4. The number of carbonyl (C=O) groups is 2. The summed E-state index contributed by atoms with van der Waals surface area (Å²) in [5.41, 5.74) is 1.81. The number of carbonyl (C=O) groups excluding carboxylic acids is 2. The minimum atomic E-state index is -0.424. The number of imide groups is 1. The number of fused-ring (bicyclic) bond motifs is 2. The quantitative estimate of drug-likeness (QED) is 0.713. The Morgan fingerprint density at radius 2 is 1.97 bits per heavy atom. The summed E-state index contributed by atoms with van der Waals surface area (Å²) in [6.45, 7) is 0. The van der Waals surface area contributed by atoms with Gasteiger partial charge >= 0.3 is 6.03 Å². The van der Waals surface area contributed by atoms with E-state index in [0.29, 0.717) is 24.2 Å². The molecular formula is C23H19N5O2. The molecule has 0 spiro atoms. The van der Waals surface area contributed by atoms with Crippen molar-refractivity contribution in [2.45, 2.75) is 31.2 Å². The van der Waals surface area contributed by atoms with Gasteiger partial charge in [0, 0.05) is 29.2 Å². The molecule has 7 heteroatoms. The Kier molecular flexibility index (Phi) is 4.40. The van der Waals surface area contributed by atoms with Gasteiger partial charge in [0.1, 0.15) is 11.8 Å². The van der Waals surface area contributed by atoms with Crippen molar-refractivity contribution in [2.75, 3.05) is 4.90 Å². The van der Waals surface area contributed by atoms with Crippen LogP contribution >= 0.6 is 0 Å². The van der Waals surface area contributed by atoms with Gasteiger partial charge in [0.05, 0.1) is 17.8 Å². The number of amides is 3. The topological polar surface area (TPSA) is 99.0 Å². The monoisotopic (exact) mass is 397 g/mol. The molecule has 5 rings (SSSR count). The normalized spacial score (nSPS) is 23.6. The van der Waals surface area contributed by atoms with Crippen molar-refractivity contribution in [3.05, 3.63) is 66.2 Å². The molecule has 2 fully saturated rings. The van der Waals surface area contributed by atoms with Crippen LogP contribution in [-0.2, 0) is 4.79 Å². The summed E-state index contributed by atoms with van der Waals surface area (Å²) in [6.07, 6.45) is 6.92. The fourth-order valence-corrected chi connectivity index (χ4v) is 4.74. The molecule has 3 heterocycles. The van der Waals surface area contributed by atoms with E-state index in [4.69, 9.17) is 0 Å². The second-order valence-electron chi connectivity index (χ2n) is 7.78. The van der Waals surface area contributed by atoms with Crippen molar-refractivity contribution in [3.8, 4) is 6.07 Å². The highest BCUT2D eigenvalue weighted by atomic mass is 16.2. The molecule has 30 heavy (non-hydrogen) atoms. The lowest BCUT2D eigenvalue weighted by Gasteiger charge is -2.42. The Labute approximate surface area is 173 Å². The van der Waals surface area contributed by atoms with Gasteiger partial charge in [0.15, 0.2) is 0 Å². The summed E-state index contributed by atoms with van der Waals surface area (Å²) in [4.78, 5) is 35.9.